The summed E-state index contributed by atoms with van der Waals surface area (Å²) >= 11 is 3.56. The van der Waals surface area contributed by atoms with Crippen LogP contribution < -0.4 is 9.47 Å². The van der Waals surface area contributed by atoms with Crippen LogP contribution in [0.3, 0.4) is 0 Å². The number of methoxy groups -OCH3 is 2. The SMILES string of the molecule is COc1cc(-c2cc(Br)c(-c3ccc(F)c(OC)c3)[se]2)ccc1F. The molecule has 3 rings (SSSR count). The zero-order chi connectivity index (χ0) is 17.3. The van der Waals surface area contributed by atoms with E-state index < -0.39 is 0 Å². The van der Waals surface area contributed by atoms with Crippen molar-refractivity contribution in [1.29, 1.82) is 0 Å². The molecule has 0 aliphatic rings. The molecule has 0 atom stereocenters. The van der Waals surface area contributed by atoms with Crippen LogP contribution in [0.25, 0.3) is 20.0 Å². The molecule has 1 aromatic heterocycles. The summed E-state index contributed by atoms with van der Waals surface area (Å²) < 4.78 is 40.4. The summed E-state index contributed by atoms with van der Waals surface area (Å²) in [6.45, 7) is 0. The molecule has 0 radical (unpaired) electrons. The van der Waals surface area contributed by atoms with Gasteiger partial charge in [-0.15, -0.1) is 0 Å². The van der Waals surface area contributed by atoms with E-state index in [1.807, 2.05) is 6.07 Å². The zero-order valence-corrected chi connectivity index (χ0v) is 16.2. The second-order valence-corrected chi connectivity index (χ2v) is 8.05. The molecular formula is C18H13BrF2O2Se. The number of hydrogen-bond acceptors (Lipinski definition) is 2. The quantitative estimate of drug-likeness (QED) is 0.505. The van der Waals surface area contributed by atoms with Gasteiger partial charge in [0.25, 0.3) is 0 Å². The van der Waals surface area contributed by atoms with Crippen LogP contribution in [0.1, 0.15) is 0 Å². The fourth-order valence-corrected chi connectivity index (χ4v) is 5.73. The van der Waals surface area contributed by atoms with Gasteiger partial charge in [-0.2, -0.15) is 0 Å². The summed E-state index contributed by atoms with van der Waals surface area (Å²) in [7, 11) is 2.89. The Morgan fingerprint density at radius 1 is 0.833 bits per heavy atom. The Morgan fingerprint density at radius 2 is 1.38 bits per heavy atom. The summed E-state index contributed by atoms with van der Waals surface area (Å²) in [4.78, 5) is 0. The van der Waals surface area contributed by atoms with Crippen molar-refractivity contribution in [2.24, 2.45) is 0 Å². The van der Waals surface area contributed by atoms with E-state index in [-0.39, 0.29) is 37.6 Å². The molecule has 0 fully saturated rings. The Hall–Kier alpha value is -1.62. The molecule has 3 aromatic rings. The van der Waals surface area contributed by atoms with Crippen molar-refractivity contribution in [1.82, 2.24) is 0 Å². The van der Waals surface area contributed by atoms with Crippen LogP contribution in [0.5, 0.6) is 11.5 Å². The van der Waals surface area contributed by atoms with Crippen molar-refractivity contribution in [2.75, 3.05) is 14.2 Å². The van der Waals surface area contributed by atoms with Crippen LogP contribution in [-0.2, 0) is 0 Å². The van der Waals surface area contributed by atoms with Crippen LogP contribution in [0, 0.1) is 11.6 Å². The molecule has 0 aliphatic carbocycles. The molecule has 2 aromatic carbocycles. The Labute approximate surface area is 152 Å². The Balaban J connectivity index is 2.05. The van der Waals surface area contributed by atoms with Crippen molar-refractivity contribution in [3.8, 4) is 31.5 Å². The predicted octanol–water partition coefficient (Wildman–Crippen LogP) is 5.14. The van der Waals surface area contributed by atoms with E-state index in [0.717, 1.165) is 24.5 Å². The molecule has 0 saturated carbocycles. The molecule has 0 aliphatic heterocycles. The van der Waals surface area contributed by atoms with Gasteiger partial charge in [-0.1, -0.05) is 0 Å². The first kappa shape index (κ1) is 17.2. The monoisotopic (exact) mass is 458 g/mol. The van der Waals surface area contributed by atoms with Gasteiger partial charge in [0.1, 0.15) is 0 Å². The molecule has 0 saturated heterocycles. The van der Waals surface area contributed by atoms with Crippen molar-refractivity contribution < 1.29 is 18.3 Å². The molecule has 124 valence electrons. The molecule has 24 heavy (non-hydrogen) atoms. The van der Waals surface area contributed by atoms with Gasteiger partial charge < -0.3 is 0 Å². The number of rotatable bonds is 4. The molecule has 6 heteroatoms. The fraction of sp³-hybridized carbons (Fsp3) is 0.111. The second-order valence-electron chi connectivity index (χ2n) is 4.99. The standard InChI is InChI=1S/C18H13BrF2O2Se/c1-22-15-7-10(3-5-13(15)20)17-9-12(19)18(24-17)11-4-6-14(21)16(8-11)23-2/h3-9H,1-2H3. The topological polar surface area (TPSA) is 18.5 Å². The number of ether oxygens (including phenoxy) is 2. The van der Waals surface area contributed by atoms with E-state index in [1.165, 1.54) is 26.4 Å². The second kappa shape index (κ2) is 7.09. The molecule has 2 nitrogen and oxygen atoms in total. The molecule has 0 spiro atoms. The molecule has 0 N–H and O–H groups in total. The molecular weight excluding hydrogens is 445 g/mol. The van der Waals surface area contributed by atoms with Gasteiger partial charge in [-0.25, -0.2) is 0 Å². The van der Waals surface area contributed by atoms with Crippen LogP contribution in [0.2, 0.25) is 0 Å². The van der Waals surface area contributed by atoms with Crippen molar-refractivity contribution in [3.63, 3.8) is 0 Å². The summed E-state index contributed by atoms with van der Waals surface area (Å²) in [6, 6.07) is 11.7. The van der Waals surface area contributed by atoms with Gasteiger partial charge in [-0.3, -0.25) is 0 Å². The van der Waals surface area contributed by atoms with Gasteiger partial charge in [0.2, 0.25) is 0 Å². The normalized spacial score (nSPS) is 10.7. The number of hydrogen-bond donors (Lipinski definition) is 0. The summed E-state index contributed by atoms with van der Waals surface area (Å²) in [5, 5.41) is 0. The van der Waals surface area contributed by atoms with Gasteiger partial charge in [0, 0.05) is 0 Å². The van der Waals surface area contributed by atoms with Gasteiger partial charge in [0.15, 0.2) is 0 Å². The third-order valence-corrected chi connectivity index (χ3v) is 7.34. The van der Waals surface area contributed by atoms with E-state index in [1.54, 1.807) is 24.3 Å². The minimum absolute atomic E-state index is 0.00941. The van der Waals surface area contributed by atoms with Crippen LogP contribution in [0.15, 0.2) is 46.9 Å². The Kier molecular flexibility index (Phi) is 5.09. The first-order valence-corrected chi connectivity index (χ1v) is 9.51. The van der Waals surface area contributed by atoms with Gasteiger partial charge in [-0.05, 0) is 0 Å². The minimum atomic E-state index is -0.389. The molecule has 0 unspecified atom stereocenters. The fourth-order valence-electron chi connectivity index (χ4n) is 2.32. The maximum absolute atomic E-state index is 13.6. The summed E-state index contributed by atoms with van der Waals surface area (Å²) in [5.41, 5.74) is 1.81. The van der Waals surface area contributed by atoms with Gasteiger partial charge in [0.05, 0.1) is 0 Å². The van der Waals surface area contributed by atoms with Crippen molar-refractivity contribution in [2.45, 2.75) is 0 Å². The molecule has 0 bridgehead atoms. The van der Waals surface area contributed by atoms with E-state index in [0.29, 0.717) is 0 Å². The molecule has 0 amide bonds. The third-order valence-electron chi connectivity index (χ3n) is 3.54. The average Bonchev–Trinajstić information content (AvgIpc) is 2.97. The van der Waals surface area contributed by atoms with Crippen molar-refractivity contribution >= 4 is 30.4 Å². The van der Waals surface area contributed by atoms with E-state index in [9.17, 15) is 8.78 Å². The Bertz CT molecular complexity index is 893. The predicted molar refractivity (Wildman–Crippen MR) is 95.0 cm³/mol. The molecule has 1 heterocycles. The summed E-state index contributed by atoms with van der Waals surface area (Å²) in [5.74, 6) is -0.340. The number of benzene rings is 2. The summed E-state index contributed by atoms with van der Waals surface area (Å²) in [6.07, 6.45) is 0. The van der Waals surface area contributed by atoms with Crippen LogP contribution in [-0.4, -0.2) is 28.7 Å². The average molecular weight is 458 g/mol. The van der Waals surface area contributed by atoms with Crippen LogP contribution in [0.4, 0.5) is 8.78 Å². The van der Waals surface area contributed by atoms with E-state index >= 15 is 0 Å². The van der Waals surface area contributed by atoms with E-state index in [2.05, 4.69) is 15.9 Å². The van der Waals surface area contributed by atoms with Crippen LogP contribution >= 0.6 is 15.9 Å². The first-order valence-electron chi connectivity index (χ1n) is 7.00. The zero-order valence-electron chi connectivity index (χ0n) is 12.9. The maximum atomic E-state index is 13.6. The first-order chi connectivity index (χ1) is 11.5. The Morgan fingerprint density at radius 3 is 1.96 bits per heavy atom. The number of halogens is 3. The van der Waals surface area contributed by atoms with Gasteiger partial charge >= 0.3 is 153 Å². The van der Waals surface area contributed by atoms with E-state index in [4.69, 9.17) is 9.47 Å². The van der Waals surface area contributed by atoms with Crippen molar-refractivity contribution in [3.05, 3.63) is 58.6 Å². The third kappa shape index (κ3) is 3.27.